The number of nitrogens with one attached hydrogen (secondary N) is 1. The van der Waals surface area contributed by atoms with Gasteiger partial charge in [0.2, 0.25) is 5.91 Å². The van der Waals surface area contributed by atoms with Crippen molar-refractivity contribution in [3.05, 3.63) is 27.7 Å². The summed E-state index contributed by atoms with van der Waals surface area (Å²) in [7, 11) is 0. The maximum absolute atomic E-state index is 12.6. The highest BCUT2D eigenvalue weighted by Gasteiger charge is 2.35. The van der Waals surface area contributed by atoms with Gasteiger partial charge in [0.1, 0.15) is 0 Å². The molecule has 0 saturated heterocycles. The van der Waals surface area contributed by atoms with Crippen molar-refractivity contribution < 1.29 is 18.0 Å². The van der Waals surface area contributed by atoms with E-state index in [4.69, 9.17) is 23.2 Å². The molecule has 0 aliphatic rings. The molecule has 88 valence electrons. The lowest BCUT2D eigenvalue weighted by Crippen LogP contribution is -2.14. The predicted octanol–water partition coefficient (Wildman–Crippen LogP) is 3.97. The van der Waals surface area contributed by atoms with Crippen LogP contribution in [0.15, 0.2) is 12.1 Å². The summed E-state index contributed by atoms with van der Waals surface area (Å²) >= 11 is 11.1. The van der Waals surface area contributed by atoms with Crippen LogP contribution in [-0.4, -0.2) is 5.91 Å². The molecule has 0 fully saturated rings. The van der Waals surface area contributed by atoms with Crippen molar-refractivity contribution in [1.29, 1.82) is 0 Å². The van der Waals surface area contributed by atoms with Crippen LogP contribution in [0.5, 0.6) is 0 Å². The minimum atomic E-state index is -4.63. The summed E-state index contributed by atoms with van der Waals surface area (Å²) in [6.07, 6.45) is -4.63. The van der Waals surface area contributed by atoms with Crippen molar-refractivity contribution in [2.45, 2.75) is 13.1 Å². The van der Waals surface area contributed by atoms with Gasteiger partial charge in [-0.15, -0.1) is 0 Å². The van der Waals surface area contributed by atoms with E-state index in [1.165, 1.54) is 0 Å². The molecule has 0 atom stereocenters. The average Bonchev–Trinajstić information content (AvgIpc) is 2.06. The van der Waals surface area contributed by atoms with Crippen LogP contribution >= 0.6 is 23.2 Å². The number of carbonyl (C=O) groups excluding carboxylic acids is 1. The first-order valence-corrected chi connectivity index (χ1v) is 4.81. The molecule has 0 bridgehead atoms. The van der Waals surface area contributed by atoms with Gasteiger partial charge in [-0.05, 0) is 12.1 Å². The lowest BCUT2D eigenvalue weighted by Gasteiger charge is -2.14. The van der Waals surface area contributed by atoms with E-state index in [2.05, 4.69) is 0 Å². The fourth-order valence-corrected chi connectivity index (χ4v) is 1.64. The fraction of sp³-hybridized carbons (Fsp3) is 0.222. The molecule has 2 nitrogen and oxygen atoms in total. The van der Waals surface area contributed by atoms with E-state index in [0.717, 1.165) is 13.0 Å². The number of anilines is 1. The van der Waals surface area contributed by atoms with Gasteiger partial charge in [-0.25, -0.2) is 0 Å². The van der Waals surface area contributed by atoms with E-state index in [-0.39, 0.29) is 10.0 Å². The van der Waals surface area contributed by atoms with Crippen LogP contribution in [0.2, 0.25) is 10.0 Å². The number of rotatable bonds is 1. The van der Waals surface area contributed by atoms with Crippen LogP contribution in [-0.2, 0) is 11.0 Å². The Morgan fingerprint density at radius 1 is 1.31 bits per heavy atom. The van der Waals surface area contributed by atoms with Crippen LogP contribution in [0.1, 0.15) is 12.5 Å². The number of amides is 1. The maximum Gasteiger partial charge on any atom is 0.418 e. The molecule has 1 N–H and O–H groups in total. The number of carbonyl (C=O) groups is 1. The Hall–Kier alpha value is -0.940. The monoisotopic (exact) mass is 271 g/mol. The summed E-state index contributed by atoms with van der Waals surface area (Å²) in [6.45, 7) is 1.09. The first-order valence-electron chi connectivity index (χ1n) is 4.05. The standard InChI is InChI=1S/C9H6Cl2F3NO/c1-4(16)15-8-6(9(12,13)14)2-5(10)3-7(8)11/h2-3H,1H3,(H,15,16). The first kappa shape index (κ1) is 13.1. The summed E-state index contributed by atoms with van der Waals surface area (Å²) < 4.78 is 37.8. The fourth-order valence-electron chi connectivity index (χ4n) is 1.10. The maximum atomic E-state index is 12.6. The second-order valence-electron chi connectivity index (χ2n) is 2.99. The van der Waals surface area contributed by atoms with E-state index in [9.17, 15) is 18.0 Å². The van der Waals surface area contributed by atoms with E-state index in [1.54, 1.807) is 0 Å². The third kappa shape index (κ3) is 3.02. The summed E-state index contributed by atoms with van der Waals surface area (Å²) in [5.41, 5.74) is -1.55. The van der Waals surface area contributed by atoms with E-state index in [1.807, 2.05) is 5.32 Å². The lowest BCUT2D eigenvalue weighted by molar-refractivity contribution is -0.136. The Kier molecular flexibility index (Phi) is 3.70. The second kappa shape index (κ2) is 4.51. The second-order valence-corrected chi connectivity index (χ2v) is 3.83. The number of hydrogen-bond acceptors (Lipinski definition) is 1. The first-order chi connectivity index (χ1) is 7.21. The zero-order chi connectivity index (χ0) is 12.5. The smallest absolute Gasteiger partial charge is 0.325 e. The quantitative estimate of drug-likeness (QED) is 0.823. The van der Waals surface area contributed by atoms with Gasteiger partial charge in [0.05, 0.1) is 16.3 Å². The van der Waals surface area contributed by atoms with Gasteiger partial charge in [-0.2, -0.15) is 13.2 Å². The summed E-state index contributed by atoms with van der Waals surface area (Å²) in [5.74, 6) is -0.644. The number of benzene rings is 1. The molecule has 0 radical (unpaired) electrons. The minimum absolute atomic E-state index is 0.147. The number of hydrogen-bond donors (Lipinski definition) is 1. The van der Waals surface area contributed by atoms with Crippen molar-refractivity contribution in [3.8, 4) is 0 Å². The zero-order valence-electron chi connectivity index (χ0n) is 7.95. The van der Waals surface area contributed by atoms with Gasteiger partial charge in [-0.1, -0.05) is 23.2 Å². The third-order valence-corrected chi connectivity index (χ3v) is 2.18. The normalized spacial score (nSPS) is 11.4. The Labute approximate surface area is 99.3 Å². The molecule has 7 heteroatoms. The number of alkyl halides is 3. The highest BCUT2D eigenvalue weighted by molar-refractivity contribution is 6.37. The molecule has 0 saturated carbocycles. The van der Waals surface area contributed by atoms with Crippen LogP contribution in [0.25, 0.3) is 0 Å². The Balaban J connectivity index is 3.38. The van der Waals surface area contributed by atoms with Crippen LogP contribution in [0.4, 0.5) is 18.9 Å². The SMILES string of the molecule is CC(=O)Nc1c(Cl)cc(Cl)cc1C(F)(F)F. The lowest BCUT2D eigenvalue weighted by atomic mass is 10.1. The largest absolute Gasteiger partial charge is 0.418 e. The molecule has 16 heavy (non-hydrogen) atoms. The zero-order valence-corrected chi connectivity index (χ0v) is 9.46. The van der Waals surface area contributed by atoms with E-state index in [0.29, 0.717) is 6.07 Å². The number of halogens is 5. The van der Waals surface area contributed by atoms with E-state index < -0.39 is 23.3 Å². The van der Waals surface area contributed by atoms with E-state index >= 15 is 0 Å². The Morgan fingerprint density at radius 2 is 1.88 bits per heavy atom. The Bertz CT molecular complexity index is 431. The summed E-state index contributed by atoms with van der Waals surface area (Å²) in [6, 6.07) is 1.84. The molecule has 1 aromatic carbocycles. The van der Waals surface area contributed by atoms with Gasteiger partial charge >= 0.3 is 6.18 Å². The van der Waals surface area contributed by atoms with Crippen LogP contribution in [0, 0.1) is 0 Å². The van der Waals surface area contributed by atoms with Crippen molar-refractivity contribution in [1.82, 2.24) is 0 Å². The molecular formula is C9H6Cl2F3NO. The topological polar surface area (TPSA) is 29.1 Å². The molecule has 0 aromatic heterocycles. The third-order valence-electron chi connectivity index (χ3n) is 1.66. The molecule has 0 heterocycles. The molecule has 0 aliphatic heterocycles. The highest BCUT2D eigenvalue weighted by atomic mass is 35.5. The summed E-state index contributed by atoms with van der Waals surface area (Å²) in [5, 5.41) is 1.62. The van der Waals surface area contributed by atoms with Gasteiger partial charge in [-0.3, -0.25) is 4.79 Å². The van der Waals surface area contributed by atoms with Gasteiger partial charge in [0.25, 0.3) is 0 Å². The van der Waals surface area contributed by atoms with Crippen molar-refractivity contribution >= 4 is 34.8 Å². The van der Waals surface area contributed by atoms with Crippen LogP contribution < -0.4 is 5.32 Å². The van der Waals surface area contributed by atoms with Gasteiger partial charge in [0.15, 0.2) is 0 Å². The molecule has 0 unspecified atom stereocenters. The summed E-state index contributed by atoms with van der Waals surface area (Å²) in [4.78, 5) is 10.8. The molecule has 1 amide bonds. The van der Waals surface area contributed by atoms with Gasteiger partial charge < -0.3 is 5.32 Å². The molecule has 1 rings (SSSR count). The van der Waals surface area contributed by atoms with Crippen LogP contribution in [0.3, 0.4) is 0 Å². The van der Waals surface area contributed by atoms with Gasteiger partial charge in [0, 0.05) is 11.9 Å². The molecule has 0 spiro atoms. The average molecular weight is 272 g/mol. The molecular weight excluding hydrogens is 266 g/mol. The van der Waals surface area contributed by atoms with Crippen molar-refractivity contribution in [2.75, 3.05) is 5.32 Å². The van der Waals surface area contributed by atoms with Crippen molar-refractivity contribution in [3.63, 3.8) is 0 Å². The Morgan fingerprint density at radius 3 is 2.31 bits per heavy atom. The molecule has 1 aromatic rings. The predicted molar refractivity (Wildman–Crippen MR) is 55.8 cm³/mol. The highest BCUT2D eigenvalue weighted by Crippen LogP contribution is 2.40. The van der Waals surface area contributed by atoms with Crippen molar-refractivity contribution in [2.24, 2.45) is 0 Å². The minimum Gasteiger partial charge on any atom is -0.325 e. The molecule has 0 aliphatic carbocycles.